The molecule has 2 N–H and O–H groups in total. The monoisotopic (exact) mass is 374 g/mol. The van der Waals surface area contributed by atoms with Gasteiger partial charge < -0.3 is 15.4 Å². The van der Waals surface area contributed by atoms with Gasteiger partial charge in [0, 0.05) is 23.4 Å². The van der Waals surface area contributed by atoms with Crippen molar-refractivity contribution in [1.82, 2.24) is 0 Å². The Balaban J connectivity index is 1.52. The van der Waals surface area contributed by atoms with Crippen LogP contribution in [0.2, 0.25) is 0 Å². The average molecular weight is 374 g/mol. The number of carbonyl (C=O) groups excluding carboxylic acids is 2. The standard InChI is InChI=1S/C23H22N2O3/c1-28-21-14-12-20(13-15-21)25-23(27)18-8-10-19(11-9-18)24-22(26)16-7-17-5-3-2-4-6-17/h2-6,8-15H,7,16H2,1H3,(H,24,26)(H,25,27). The van der Waals surface area contributed by atoms with Crippen LogP contribution in [-0.2, 0) is 11.2 Å². The molecule has 0 saturated heterocycles. The molecule has 0 atom stereocenters. The molecule has 0 aliphatic heterocycles. The summed E-state index contributed by atoms with van der Waals surface area (Å²) >= 11 is 0. The molecule has 2 amide bonds. The van der Waals surface area contributed by atoms with Gasteiger partial charge >= 0.3 is 0 Å². The van der Waals surface area contributed by atoms with E-state index in [-0.39, 0.29) is 11.8 Å². The number of carbonyl (C=O) groups is 2. The molecule has 0 bridgehead atoms. The molecule has 0 heterocycles. The van der Waals surface area contributed by atoms with E-state index in [9.17, 15) is 9.59 Å². The Hall–Kier alpha value is -3.60. The largest absolute Gasteiger partial charge is 0.497 e. The molecule has 0 aliphatic rings. The zero-order valence-electron chi connectivity index (χ0n) is 15.6. The summed E-state index contributed by atoms with van der Waals surface area (Å²) in [6.45, 7) is 0. The summed E-state index contributed by atoms with van der Waals surface area (Å²) < 4.78 is 5.10. The highest BCUT2D eigenvalue weighted by atomic mass is 16.5. The number of aryl methyl sites for hydroxylation is 1. The topological polar surface area (TPSA) is 67.4 Å². The average Bonchev–Trinajstić information content (AvgIpc) is 2.74. The van der Waals surface area contributed by atoms with Crippen LogP contribution in [0.1, 0.15) is 22.3 Å². The summed E-state index contributed by atoms with van der Waals surface area (Å²) in [5.74, 6) is 0.455. The quantitative estimate of drug-likeness (QED) is 0.639. The van der Waals surface area contributed by atoms with Crippen LogP contribution in [0.15, 0.2) is 78.9 Å². The van der Waals surface area contributed by atoms with Crippen molar-refractivity contribution in [2.75, 3.05) is 17.7 Å². The molecule has 5 nitrogen and oxygen atoms in total. The maximum atomic E-state index is 12.3. The van der Waals surface area contributed by atoms with E-state index in [1.165, 1.54) is 0 Å². The smallest absolute Gasteiger partial charge is 0.255 e. The summed E-state index contributed by atoms with van der Waals surface area (Å²) in [7, 11) is 1.59. The fraction of sp³-hybridized carbons (Fsp3) is 0.130. The third-order valence-electron chi connectivity index (χ3n) is 4.26. The molecule has 0 unspecified atom stereocenters. The van der Waals surface area contributed by atoms with Crippen LogP contribution in [0, 0.1) is 0 Å². The maximum absolute atomic E-state index is 12.3. The lowest BCUT2D eigenvalue weighted by molar-refractivity contribution is -0.116. The van der Waals surface area contributed by atoms with Gasteiger partial charge in [-0.3, -0.25) is 9.59 Å². The van der Waals surface area contributed by atoms with Crippen molar-refractivity contribution in [1.29, 1.82) is 0 Å². The fourth-order valence-corrected chi connectivity index (χ4v) is 2.71. The van der Waals surface area contributed by atoms with Gasteiger partial charge in [-0.25, -0.2) is 0 Å². The Kier molecular flexibility index (Phi) is 6.41. The molecule has 5 heteroatoms. The minimum atomic E-state index is -0.216. The van der Waals surface area contributed by atoms with E-state index in [4.69, 9.17) is 4.74 Å². The molecule has 3 aromatic carbocycles. The molecule has 3 aromatic rings. The highest BCUT2D eigenvalue weighted by Crippen LogP contribution is 2.17. The summed E-state index contributed by atoms with van der Waals surface area (Å²) in [5.41, 5.74) is 2.99. The predicted molar refractivity (Wildman–Crippen MR) is 111 cm³/mol. The molecular formula is C23H22N2O3. The summed E-state index contributed by atoms with van der Waals surface area (Å²) in [6.07, 6.45) is 1.10. The molecule has 142 valence electrons. The SMILES string of the molecule is COc1ccc(NC(=O)c2ccc(NC(=O)CCc3ccccc3)cc2)cc1. The first-order chi connectivity index (χ1) is 13.6. The minimum Gasteiger partial charge on any atom is -0.497 e. The molecular weight excluding hydrogens is 352 g/mol. The molecule has 28 heavy (non-hydrogen) atoms. The number of nitrogens with one attached hydrogen (secondary N) is 2. The lowest BCUT2D eigenvalue weighted by Gasteiger charge is -2.08. The first-order valence-electron chi connectivity index (χ1n) is 9.03. The van der Waals surface area contributed by atoms with Crippen molar-refractivity contribution in [3.63, 3.8) is 0 Å². The Morgan fingerprint density at radius 2 is 1.39 bits per heavy atom. The molecule has 3 rings (SSSR count). The second-order valence-electron chi connectivity index (χ2n) is 6.29. The van der Waals surface area contributed by atoms with Gasteiger partial charge in [-0.2, -0.15) is 0 Å². The Bertz CT molecular complexity index is 920. The first-order valence-corrected chi connectivity index (χ1v) is 9.03. The van der Waals surface area contributed by atoms with E-state index in [1.807, 2.05) is 30.3 Å². The molecule has 0 radical (unpaired) electrons. The van der Waals surface area contributed by atoms with Gasteiger partial charge in [-0.15, -0.1) is 0 Å². The molecule has 0 spiro atoms. The van der Waals surface area contributed by atoms with Gasteiger partial charge in [0.05, 0.1) is 7.11 Å². The van der Waals surface area contributed by atoms with E-state index in [0.29, 0.717) is 29.8 Å². The fourth-order valence-electron chi connectivity index (χ4n) is 2.71. The van der Waals surface area contributed by atoms with Crippen LogP contribution in [0.3, 0.4) is 0 Å². The lowest BCUT2D eigenvalue weighted by atomic mass is 10.1. The number of ether oxygens (including phenoxy) is 1. The Morgan fingerprint density at radius 3 is 2.04 bits per heavy atom. The van der Waals surface area contributed by atoms with Crippen LogP contribution >= 0.6 is 0 Å². The highest BCUT2D eigenvalue weighted by molar-refractivity contribution is 6.04. The van der Waals surface area contributed by atoms with Crippen LogP contribution in [0.4, 0.5) is 11.4 Å². The molecule has 0 aromatic heterocycles. The van der Waals surface area contributed by atoms with E-state index >= 15 is 0 Å². The number of anilines is 2. The van der Waals surface area contributed by atoms with Crippen molar-refractivity contribution < 1.29 is 14.3 Å². The van der Waals surface area contributed by atoms with Crippen molar-refractivity contribution >= 4 is 23.2 Å². The van der Waals surface area contributed by atoms with Crippen molar-refractivity contribution in [2.24, 2.45) is 0 Å². The maximum Gasteiger partial charge on any atom is 0.255 e. The normalized spacial score (nSPS) is 10.2. The Morgan fingerprint density at radius 1 is 0.786 bits per heavy atom. The van der Waals surface area contributed by atoms with Crippen molar-refractivity contribution in [2.45, 2.75) is 12.8 Å². The number of rotatable bonds is 7. The molecule has 0 saturated carbocycles. The summed E-state index contributed by atoms with van der Waals surface area (Å²) in [4.78, 5) is 24.4. The number of benzene rings is 3. The van der Waals surface area contributed by atoms with Gasteiger partial charge in [0.2, 0.25) is 5.91 Å². The summed E-state index contributed by atoms with van der Waals surface area (Å²) in [6, 6.07) is 23.8. The van der Waals surface area contributed by atoms with E-state index in [2.05, 4.69) is 10.6 Å². The van der Waals surface area contributed by atoms with Gasteiger partial charge in [0.15, 0.2) is 0 Å². The third-order valence-corrected chi connectivity index (χ3v) is 4.26. The zero-order chi connectivity index (χ0) is 19.8. The van der Waals surface area contributed by atoms with Crippen molar-refractivity contribution in [3.8, 4) is 5.75 Å². The number of methoxy groups -OCH3 is 1. The second kappa shape index (κ2) is 9.37. The van der Waals surface area contributed by atoms with Crippen molar-refractivity contribution in [3.05, 3.63) is 90.0 Å². The van der Waals surface area contributed by atoms with Gasteiger partial charge in [-0.1, -0.05) is 30.3 Å². The van der Waals surface area contributed by atoms with Crippen LogP contribution in [0.5, 0.6) is 5.75 Å². The lowest BCUT2D eigenvalue weighted by Crippen LogP contribution is -2.14. The minimum absolute atomic E-state index is 0.0562. The molecule has 0 fully saturated rings. The number of hydrogen-bond donors (Lipinski definition) is 2. The van der Waals surface area contributed by atoms with Gasteiger partial charge in [0.1, 0.15) is 5.75 Å². The Labute approximate surface area is 164 Å². The van der Waals surface area contributed by atoms with Gasteiger partial charge in [0.25, 0.3) is 5.91 Å². The number of amides is 2. The van der Waals surface area contributed by atoms with Crippen LogP contribution in [0.25, 0.3) is 0 Å². The zero-order valence-corrected chi connectivity index (χ0v) is 15.6. The van der Waals surface area contributed by atoms with E-state index in [1.54, 1.807) is 55.6 Å². The van der Waals surface area contributed by atoms with Crippen LogP contribution in [-0.4, -0.2) is 18.9 Å². The third kappa shape index (κ3) is 5.45. The summed E-state index contributed by atoms with van der Waals surface area (Å²) in [5, 5.41) is 5.68. The van der Waals surface area contributed by atoms with Crippen LogP contribution < -0.4 is 15.4 Å². The van der Waals surface area contributed by atoms with Gasteiger partial charge in [-0.05, 0) is 60.5 Å². The van der Waals surface area contributed by atoms with E-state index < -0.39 is 0 Å². The predicted octanol–water partition coefficient (Wildman–Crippen LogP) is 4.52. The molecule has 0 aliphatic carbocycles. The first kappa shape index (κ1) is 19.2. The number of hydrogen-bond acceptors (Lipinski definition) is 3. The van der Waals surface area contributed by atoms with E-state index in [0.717, 1.165) is 11.3 Å². The highest BCUT2D eigenvalue weighted by Gasteiger charge is 2.08. The second-order valence-corrected chi connectivity index (χ2v) is 6.29.